The second-order valence-corrected chi connectivity index (χ2v) is 4.06. The number of aromatic nitrogens is 2. The molecule has 18 heavy (non-hydrogen) atoms. The molecule has 1 aromatic carbocycles. The first-order chi connectivity index (χ1) is 8.52. The van der Waals surface area contributed by atoms with Crippen molar-refractivity contribution in [2.45, 2.75) is 25.4 Å². The fourth-order valence-corrected chi connectivity index (χ4v) is 1.96. The highest BCUT2D eigenvalue weighted by molar-refractivity contribution is 5.30. The fraction of sp³-hybridized carbons (Fsp3) is 0.308. The number of nitrogens with zero attached hydrogens (tertiary/aromatic N) is 1. The van der Waals surface area contributed by atoms with E-state index < -0.39 is 11.7 Å². The van der Waals surface area contributed by atoms with E-state index in [0.29, 0.717) is 0 Å². The summed E-state index contributed by atoms with van der Waals surface area (Å²) in [7, 11) is 0. The largest absolute Gasteiger partial charge is 0.416 e. The molecule has 0 amide bonds. The first kappa shape index (κ1) is 12.7. The average molecular weight is 254 g/mol. The number of benzene rings is 1. The number of H-pyrrole nitrogens is 1. The van der Waals surface area contributed by atoms with Crippen LogP contribution < -0.4 is 0 Å². The SMILES string of the molecule is CC[C@H](c1ccc(C(F)(F)F)cc1)c1ncc[nH]1. The number of hydrogen-bond donors (Lipinski definition) is 1. The van der Waals surface area contributed by atoms with Gasteiger partial charge >= 0.3 is 6.18 Å². The Labute approximate surface area is 103 Å². The molecule has 1 aromatic heterocycles. The zero-order valence-electron chi connectivity index (χ0n) is 9.83. The van der Waals surface area contributed by atoms with Crippen LogP contribution in [0.4, 0.5) is 13.2 Å². The lowest BCUT2D eigenvalue weighted by Crippen LogP contribution is -2.06. The highest BCUT2D eigenvalue weighted by atomic mass is 19.4. The first-order valence-electron chi connectivity index (χ1n) is 5.68. The predicted molar refractivity (Wildman–Crippen MR) is 62.2 cm³/mol. The lowest BCUT2D eigenvalue weighted by atomic mass is 9.95. The molecule has 1 atom stereocenters. The maximum atomic E-state index is 12.5. The van der Waals surface area contributed by atoms with Gasteiger partial charge in [0.15, 0.2) is 0 Å². The highest BCUT2D eigenvalue weighted by Crippen LogP contribution is 2.31. The lowest BCUT2D eigenvalue weighted by molar-refractivity contribution is -0.137. The van der Waals surface area contributed by atoms with Crippen LogP contribution in [0.25, 0.3) is 0 Å². The van der Waals surface area contributed by atoms with Gasteiger partial charge in [-0.3, -0.25) is 0 Å². The maximum Gasteiger partial charge on any atom is 0.416 e. The van der Waals surface area contributed by atoms with E-state index in [1.165, 1.54) is 12.1 Å². The Morgan fingerprint density at radius 1 is 1.22 bits per heavy atom. The molecule has 0 fully saturated rings. The van der Waals surface area contributed by atoms with Gasteiger partial charge in [0, 0.05) is 18.3 Å². The number of alkyl halides is 3. The summed E-state index contributed by atoms with van der Waals surface area (Å²) in [6, 6.07) is 5.25. The summed E-state index contributed by atoms with van der Waals surface area (Å²) in [5.74, 6) is 0.777. The lowest BCUT2D eigenvalue weighted by Gasteiger charge is -2.14. The van der Waals surface area contributed by atoms with E-state index in [1.807, 2.05) is 6.92 Å². The van der Waals surface area contributed by atoms with Gasteiger partial charge in [0.2, 0.25) is 0 Å². The summed E-state index contributed by atoms with van der Waals surface area (Å²) in [5, 5.41) is 0. The molecular weight excluding hydrogens is 241 g/mol. The van der Waals surface area contributed by atoms with Crippen LogP contribution in [0.3, 0.4) is 0 Å². The quantitative estimate of drug-likeness (QED) is 0.882. The first-order valence-corrected chi connectivity index (χ1v) is 5.68. The van der Waals surface area contributed by atoms with Gasteiger partial charge in [0.1, 0.15) is 5.82 Å². The van der Waals surface area contributed by atoms with Crippen LogP contribution in [0.1, 0.15) is 36.2 Å². The van der Waals surface area contributed by atoms with Crippen LogP contribution >= 0.6 is 0 Å². The van der Waals surface area contributed by atoms with E-state index in [4.69, 9.17) is 0 Å². The molecule has 0 aliphatic carbocycles. The van der Waals surface area contributed by atoms with Gasteiger partial charge in [-0.1, -0.05) is 19.1 Å². The van der Waals surface area contributed by atoms with E-state index >= 15 is 0 Å². The Morgan fingerprint density at radius 2 is 1.89 bits per heavy atom. The predicted octanol–water partition coefficient (Wildman–Crippen LogP) is 3.97. The number of imidazole rings is 1. The van der Waals surface area contributed by atoms with Gasteiger partial charge in [-0.2, -0.15) is 13.2 Å². The summed E-state index contributed by atoms with van der Waals surface area (Å²) in [6.45, 7) is 1.98. The molecule has 0 bridgehead atoms. The zero-order valence-corrected chi connectivity index (χ0v) is 9.83. The van der Waals surface area contributed by atoms with Gasteiger partial charge in [-0.05, 0) is 24.1 Å². The Bertz CT molecular complexity index is 486. The molecule has 2 aromatic rings. The molecule has 0 aliphatic rings. The maximum absolute atomic E-state index is 12.5. The van der Waals surface area contributed by atoms with Crippen molar-refractivity contribution in [1.82, 2.24) is 9.97 Å². The molecule has 1 N–H and O–H groups in total. The van der Waals surface area contributed by atoms with E-state index in [9.17, 15) is 13.2 Å². The van der Waals surface area contributed by atoms with E-state index in [-0.39, 0.29) is 5.92 Å². The molecule has 5 heteroatoms. The van der Waals surface area contributed by atoms with Gasteiger partial charge in [0.05, 0.1) is 5.56 Å². The number of rotatable bonds is 3. The van der Waals surface area contributed by atoms with E-state index in [0.717, 1.165) is 29.9 Å². The molecular formula is C13H13F3N2. The van der Waals surface area contributed by atoms with Crippen molar-refractivity contribution in [2.24, 2.45) is 0 Å². The van der Waals surface area contributed by atoms with Crippen LogP contribution in [-0.2, 0) is 6.18 Å². The van der Waals surface area contributed by atoms with Crippen LogP contribution in [-0.4, -0.2) is 9.97 Å². The normalized spacial score (nSPS) is 13.6. The summed E-state index contributed by atoms with van der Waals surface area (Å²) < 4.78 is 37.4. The minimum Gasteiger partial charge on any atom is -0.348 e. The monoisotopic (exact) mass is 254 g/mol. The topological polar surface area (TPSA) is 28.7 Å². The van der Waals surface area contributed by atoms with Crippen molar-refractivity contribution in [3.8, 4) is 0 Å². The van der Waals surface area contributed by atoms with Gasteiger partial charge in [0.25, 0.3) is 0 Å². The zero-order chi connectivity index (χ0) is 13.2. The molecule has 1 heterocycles. The summed E-state index contributed by atoms with van der Waals surface area (Å²) in [5.41, 5.74) is 0.209. The molecule has 0 saturated heterocycles. The van der Waals surface area contributed by atoms with Crippen LogP contribution in [0, 0.1) is 0 Å². The molecule has 0 saturated carbocycles. The average Bonchev–Trinajstić information content (AvgIpc) is 2.83. The summed E-state index contributed by atoms with van der Waals surface area (Å²) in [6.07, 6.45) is -0.159. The van der Waals surface area contributed by atoms with Crippen molar-refractivity contribution in [2.75, 3.05) is 0 Å². The van der Waals surface area contributed by atoms with Crippen molar-refractivity contribution in [3.05, 3.63) is 53.6 Å². The number of halogens is 3. The number of nitrogens with one attached hydrogen (secondary N) is 1. The number of hydrogen-bond acceptors (Lipinski definition) is 1. The Kier molecular flexibility index (Phi) is 3.41. The van der Waals surface area contributed by atoms with Crippen LogP contribution in [0.2, 0.25) is 0 Å². The van der Waals surface area contributed by atoms with Crippen LogP contribution in [0.15, 0.2) is 36.7 Å². The minimum atomic E-state index is -4.29. The third-order valence-electron chi connectivity index (χ3n) is 2.90. The Balaban J connectivity index is 2.28. The van der Waals surface area contributed by atoms with E-state index in [2.05, 4.69) is 9.97 Å². The highest BCUT2D eigenvalue weighted by Gasteiger charge is 2.30. The molecule has 0 spiro atoms. The molecule has 0 radical (unpaired) electrons. The minimum absolute atomic E-state index is 0.00211. The van der Waals surface area contributed by atoms with Crippen molar-refractivity contribution >= 4 is 0 Å². The Morgan fingerprint density at radius 3 is 2.33 bits per heavy atom. The van der Waals surface area contributed by atoms with Crippen molar-refractivity contribution in [3.63, 3.8) is 0 Å². The molecule has 96 valence electrons. The van der Waals surface area contributed by atoms with Gasteiger partial charge in [-0.15, -0.1) is 0 Å². The molecule has 0 unspecified atom stereocenters. The summed E-state index contributed by atoms with van der Waals surface area (Å²) >= 11 is 0. The third kappa shape index (κ3) is 2.55. The van der Waals surface area contributed by atoms with Crippen molar-refractivity contribution < 1.29 is 13.2 Å². The molecule has 2 rings (SSSR count). The summed E-state index contributed by atoms with van der Waals surface area (Å²) in [4.78, 5) is 7.16. The van der Waals surface area contributed by atoms with Crippen molar-refractivity contribution in [1.29, 1.82) is 0 Å². The van der Waals surface area contributed by atoms with Gasteiger partial charge in [-0.25, -0.2) is 4.98 Å². The smallest absolute Gasteiger partial charge is 0.348 e. The molecule has 0 aliphatic heterocycles. The fourth-order valence-electron chi connectivity index (χ4n) is 1.96. The number of aromatic amines is 1. The molecule has 2 nitrogen and oxygen atoms in total. The van der Waals surface area contributed by atoms with Crippen LogP contribution in [0.5, 0.6) is 0 Å². The standard InChI is InChI=1S/C13H13F3N2/c1-2-11(12-17-7-8-18-12)9-3-5-10(6-4-9)13(14,15)16/h3-8,11H,2H2,1H3,(H,17,18)/t11-/m1/s1. The second kappa shape index (κ2) is 4.84. The third-order valence-corrected chi connectivity index (χ3v) is 2.90. The second-order valence-electron chi connectivity index (χ2n) is 4.06. The van der Waals surface area contributed by atoms with Gasteiger partial charge < -0.3 is 4.98 Å². The van der Waals surface area contributed by atoms with E-state index in [1.54, 1.807) is 12.4 Å². The Hall–Kier alpha value is -1.78.